The molecule has 0 aliphatic heterocycles. The first-order chi connectivity index (χ1) is 13.9. The van der Waals surface area contributed by atoms with Crippen molar-refractivity contribution in [3.8, 4) is 11.5 Å². The molecule has 0 bridgehead atoms. The maximum absolute atomic E-state index is 5.76. The number of ether oxygens (including phenoxy) is 2. The molecule has 0 saturated carbocycles. The molecule has 4 rings (SSSR count). The van der Waals surface area contributed by atoms with Crippen LogP contribution in [0.5, 0.6) is 11.5 Å². The highest BCUT2D eigenvalue weighted by atomic mass is 16.5. The maximum Gasteiger partial charge on any atom is 0.122 e. The van der Waals surface area contributed by atoms with E-state index in [1.807, 2.05) is 42.5 Å². The Labute approximate surface area is 165 Å². The van der Waals surface area contributed by atoms with Crippen LogP contribution >= 0.6 is 0 Å². The number of fused-ring (bicyclic) bond motifs is 1. The zero-order chi connectivity index (χ0) is 19.0. The Morgan fingerprint density at radius 1 is 0.571 bits per heavy atom. The molecule has 0 aromatic heterocycles. The Morgan fingerprint density at radius 3 is 2.00 bits per heavy atom. The average molecular weight is 369 g/mol. The van der Waals surface area contributed by atoms with E-state index in [9.17, 15) is 0 Å². The van der Waals surface area contributed by atoms with Gasteiger partial charge in [0, 0.05) is 17.6 Å². The van der Waals surface area contributed by atoms with Gasteiger partial charge in [0.25, 0.3) is 0 Å². The Morgan fingerprint density at radius 2 is 1.21 bits per heavy atom. The van der Waals surface area contributed by atoms with Gasteiger partial charge in [0.1, 0.15) is 24.7 Å². The molecule has 0 spiro atoms. The van der Waals surface area contributed by atoms with E-state index in [-0.39, 0.29) is 0 Å². The summed E-state index contributed by atoms with van der Waals surface area (Å²) in [5, 5.41) is 6.02. The molecule has 3 heteroatoms. The molecule has 0 saturated heterocycles. The normalized spacial score (nSPS) is 10.6. The fourth-order valence-corrected chi connectivity index (χ4v) is 3.12. The molecule has 0 atom stereocenters. The quantitative estimate of drug-likeness (QED) is 0.392. The second kappa shape index (κ2) is 8.96. The molecular weight excluding hydrogens is 346 g/mol. The van der Waals surface area contributed by atoms with Gasteiger partial charge < -0.3 is 14.8 Å². The summed E-state index contributed by atoms with van der Waals surface area (Å²) in [6.07, 6.45) is 0. The first-order valence-electron chi connectivity index (χ1n) is 9.50. The lowest BCUT2D eigenvalue weighted by Gasteiger charge is -2.11. The van der Waals surface area contributed by atoms with Crippen molar-refractivity contribution in [3.63, 3.8) is 0 Å². The van der Waals surface area contributed by atoms with Gasteiger partial charge >= 0.3 is 0 Å². The van der Waals surface area contributed by atoms with Gasteiger partial charge in [-0.05, 0) is 41.3 Å². The molecular formula is C25H23NO2. The minimum Gasteiger partial charge on any atom is -0.490 e. The summed E-state index contributed by atoms with van der Waals surface area (Å²) in [5.74, 6) is 1.71. The van der Waals surface area contributed by atoms with E-state index in [4.69, 9.17) is 9.47 Å². The van der Waals surface area contributed by atoms with E-state index >= 15 is 0 Å². The SMILES string of the molecule is c1ccc(OCCOc2ccc(CNc3cccc4ccccc34)cc2)cc1. The molecule has 140 valence electrons. The van der Waals surface area contributed by atoms with Gasteiger partial charge in [0.2, 0.25) is 0 Å². The van der Waals surface area contributed by atoms with E-state index in [0.717, 1.165) is 23.7 Å². The largest absolute Gasteiger partial charge is 0.490 e. The first kappa shape index (κ1) is 17.9. The van der Waals surface area contributed by atoms with E-state index in [0.29, 0.717) is 13.2 Å². The van der Waals surface area contributed by atoms with Gasteiger partial charge in [0.05, 0.1) is 0 Å². The second-order valence-electron chi connectivity index (χ2n) is 6.53. The van der Waals surface area contributed by atoms with Crippen molar-refractivity contribution < 1.29 is 9.47 Å². The van der Waals surface area contributed by atoms with Gasteiger partial charge in [-0.2, -0.15) is 0 Å². The number of rotatable bonds is 8. The lowest BCUT2D eigenvalue weighted by molar-refractivity contribution is 0.217. The molecule has 1 N–H and O–H groups in total. The fraction of sp³-hybridized carbons (Fsp3) is 0.120. The van der Waals surface area contributed by atoms with Crippen molar-refractivity contribution in [2.45, 2.75) is 6.54 Å². The summed E-state index contributed by atoms with van der Waals surface area (Å²) in [6.45, 7) is 1.81. The number of nitrogens with one attached hydrogen (secondary N) is 1. The predicted molar refractivity (Wildman–Crippen MR) is 115 cm³/mol. The summed E-state index contributed by atoms with van der Waals surface area (Å²) in [6, 6.07) is 32.7. The summed E-state index contributed by atoms with van der Waals surface area (Å²) in [5.41, 5.74) is 2.36. The van der Waals surface area contributed by atoms with E-state index in [1.165, 1.54) is 16.3 Å². The minimum atomic E-state index is 0.516. The maximum atomic E-state index is 5.76. The van der Waals surface area contributed by atoms with Crippen LogP contribution in [-0.4, -0.2) is 13.2 Å². The highest BCUT2D eigenvalue weighted by Gasteiger charge is 2.01. The molecule has 0 amide bonds. The summed E-state index contributed by atoms with van der Waals surface area (Å²) in [7, 11) is 0. The van der Waals surface area contributed by atoms with Crippen LogP contribution in [0.1, 0.15) is 5.56 Å². The minimum absolute atomic E-state index is 0.516. The molecule has 0 radical (unpaired) electrons. The van der Waals surface area contributed by atoms with Crippen molar-refractivity contribution >= 4 is 16.5 Å². The third-order valence-electron chi connectivity index (χ3n) is 4.56. The van der Waals surface area contributed by atoms with Gasteiger partial charge in [-0.1, -0.05) is 66.7 Å². The zero-order valence-corrected chi connectivity index (χ0v) is 15.7. The molecule has 0 heterocycles. The number of para-hydroxylation sites is 1. The van der Waals surface area contributed by atoms with Crippen molar-refractivity contribution in [2.24, 2.45) is 0 Å². The van der Waals surface area contributed by atoms with Crippen molar-refractivity contribution in [2.75, 3.05) is 18.5 Å². The van der Waals surface area contributed by atoms with Gasteiger partial charge in [0.15, 0.2) is 0 Å². The number of hydrogen-bond acceptors (Lipinski definition) is 3. The Kier molecular flexibility index (Phi) is 5.74. The number of hydrogen-bond donors (Lipinski definition) is 1. The van der Waals surface area contributed by atoms with Crippen LogP contribution in [0.4, 0.5) is 5.69 Å². The Bertz CT molecular complexity index is 1010. The standard InChI is InChI=1S/C25H23NO2/c1-2-9-22(10-3-1)27-17-18-28-23-15-13-20(14-16-23)19-26-25-12-6-8-21-7-4-5-11-24(21)25/h1-16,26H,17-19H2. The number of benzene rings is 4. The summed E-state index contributed by atoms with van der Waals surface area (Å²) < 4.78 is 11.4. The first-order valence-corrected chi connectivity index (χ1v) is 9.50. The Hall–Kier alpha value is -3.46. The van der Waals surface area contributed by atoms with Crippen LogP contribution in [0.15, 0.2) is 97.1 Å². The van der Waals surface area contributed by atoms with Crippen LogP contribution < -0.4 is 14.8 Å². The molecule has 0 unspecified atom stereocenters. The van der Waals surface area contributed by atoms with E-state index in [1.54, 1.807) is 0 Å². The number of anilines is 1. The lowest BCUT2D eigenvalue weighted by Crippen LogP contribution is -2.09. The average Bonchev–Trinajstić information content (AvgIpc) is 2.77. The third-order valence-corrected chi connectivity index (χ3v) is 4.56. The molecule has 4 aromatic carbocycles. The van der Waals surface area contributed by atoms with Crippen LogP contribution in [0.2, 0.25) is 0 Å². The van der Waals surface area contributed by atoms with Crippen LogP contribution in [0.3, 0.4) is 0 Å². The molecule has 28 heavy (non-hydrogen) atoms. The Balaban J connectivity index is 1.27. The fourth-order valence-electron chi connectivity index (χ4n) is 3.12. The van der Waals surface area contributed by atoms with Gasteiger partial charge in [-0.15, -0.1) is 0 Å². The monoisotopic (exact) mass is 369 g/mol. The van der Waals surface area contributed by atoms with Crippen molar-refractivity contribution in [1.29, 1.82) is 0 Å². The summed E-state index contributed by atoms with van der Waals surface area (Å²) in [4.78, 5) is 0. The molecule has 0 aliphatic carbocycles. The highest BCUT2D eigenvalue weighted by molar-refractivity contribution is 5.93. The summed E-state index contributed by atoms with van der Waals surface area (Å²) >= 11 is 0. The third kappa shape index (κ3) is 4.63. The highest BCUT2D eigenvalue weighted by Crippen LogP contribution is 2.23. The molecule has 0 aliphatic rings. The van der Waals surface area contributed by atoms with Crippen LogP contribution in [0, 0.1) is 0 Å². The second-order valence-corrected chi connectivity index (χ2v) is 6.53. The topological polar surface area (TPSA) is 30.5 Å². The zero-order valence-electron chi connectivity index (χ0n) is 15.7. The van der Waals surface area contributed by atoms with Crippen molar-refractivity contribution in [1.82, 2.24) is 0 Å². The van der Waals surface area contributed by atoms with Crippen molar-refractivity contribution in [3.05, 3.63) is 103 Å². The predicted octanol–water partition coefficient (Wildman–Crippen LogP) is 5.91. The smallest absolute Gasteiger partial charge is 0.122 e. The molecule has 3 nitrogen and oxygen atoms in total. The van der Waals surface area contributed by atoms with Crippen LogP contribution in [-0.2, 0) is 6.54 Å². The van der Waals surface area contributed by atoms with Gasteiger partial charge in [-0.25, -0.2) is 0 Å². The van der Waals surface area contributed by atoms with Gasteiger partial charge in [-0.3, -0.25) is 0 Å². The lowest BCUT2D eigenvalue weighted by atomic mass is 10.1. The van der Waals surface area contributed by atoms with Crippen LogP contribution in [0.25, 0.3) is 10.8 Å². The molecule has 4 aromatic rings. The van der Waals surface area contributed by atoms with E-state index < -0.39 is 0 Å². The molecule has 0 fully saturated rings. The van der Waals surface area contributed by atoms with E-state index in [2.05, 4.69) is 59.9 Å².